The number of nitrogens with one attached hydrogen (secondary N) is 3. The second kappa shape index (κ2) is 11.1. The van der Waals surface area contributed by atoms with Gasteiger partial charge in [-0.15, -0.1) is 0 Å². The predicted octanol–water partition coefficient (Wildman–Crippen LogP) is 1.45. The number of carbonyl (C=O) groups excluding carboxylic acids is 3. The summed E-state index contributed by atoms with van der Waals surface area (Å²) in [6.07, 6.45) is 3.62. The van der Waals surface area contributed by atoms with Crippen molar-refractivity contribution < 1.29 is 32.3 Å². The first-order valence-electron chi connectivity index (χ1n) is 10.1. The van der Waals surface area contributed by atoms with Crippen LogP contribution in [0.1, 0.15) is 46.0 Å². The average molecular weight is 456 g/mol. The first-order chi connectivity index (χ1) is 14.6. The first kappa shape index (κ1) is 24.6. The lowest BCUT2D eigenvalue weighted by atomic mass is 9.96. The van der Waals surface area contributed by atoms with Crippen LogP contribution in [0.25, 0.3) is 0 Å². The third kappa shape index (κ3) is 7.51. The van der Waals surface area contributed by atoms with Gasteiger partial charge in [0, 0.05) is 6.04 Å². The number of ether oxygens (including phenoxy) is 2. The van der Waals surface area contributed by atoms with Crippen LogP contribution in [0.15, 0.2) is 29.2 Å². The van der Waals surface area contributed by atoms with Crippen LogP contribution in [-0.4, -0.2) is 51.6 Å². The van der Waals surface area contributed by atoms with Crippen molar-refractivity contribution in [3.63, 3.8) is 0 Å². The van der Waals surface area contributed by atoms with E-state index in [0.717, 1.165) is 32.1 Å². The summed E-state index contributed by atoms with van der Waals surface area (Å²) >= 11 is 0. The lowest BCUT2D eigenvalue weighted by molar-refractivity contribution is -0.155. The minimum Gasteiger partial charge on any atom is -0.497 e. The van der Waals surface area contributed by atoms with Gasteiger partial charge in [-0.1, -0.05) is 19.3 Å². The maximum Gasteiger partial charge on any atom is 0.324 e. The van der Waals surface area contributed by atoms with Crippen molar-refractivity contribution in [2.24, 2.45) is 0 Å². The Balaban J connectivity index is 1.84. The van der Waals surface area contributed by atoms with E-state index < -0.39 is 40.1 Å². The van der Waals surface area contributed by atoms with Crippen LogP contribution in [0.4, 0.5) is 4.79 Å². The topological polar surface area (TPSA) is 140 Å². The second-order valence-electron chi connectivity index (χ2n) is 7.40. The van der Waals surface area contributed by atoms with Crippen molar-refractivity contribution >= 4 is 27.9 Å². The Kier molecular flexibility index (Phi) is 8.81. The molecule has 172 valence electrons. The van der Waals surface area contributed by atoms with Crippen LogP contribution in [0.3, 0.4) is 0 Å². The van der Waals surface area contributed by atoms with Gasteiger partial charge in [-0.25, -0.2) is 13.2 Å². The van der Waals surface area contributed by atoms with E-state index in [-0.39, 0.29) is 10.9 Å². The molecule has 0 aliphatic heterocycles. The van der Waals surface area contributed by atoms with Crippen molar-refractivity contribution in [1.82, 2.24) is 15.4 Å². The molecule has 3 amide bonds. The zero-order valence-electron chi connectivity index (χ0n) is 17.8. The number of esters is 1. The fourth-order valence-corrected chi connectivity index (χ4v) is 4.31. The number of imide groups is 1. The highest BCUT2D eigenvalue weighted by molar-refractivity contribution is 7.89. The number of amides is 3. The number of urea groups is 1. The molecule has 2 rings (SSSR count). The van der Waals surface area contributed by atoms with Crippen LogP contribution >= 0.6 is 0 Å². The number of hydrogen-bond acceptors (Lipinski definition) is 7. The summed E-state index contributed by atoms with van der Waals surface area (Å²) in [7, 11) is -2.54. The Morgan fingerprint density at radius 3 is 2.23 bits per heavy atom. The van der Waals surface area contributed by atoms with Gasteiger partial charge < -0.3 is 14.8 Å². The number of rotatable bonds is 8. The van der Waals surface area contributed by atoms with Crippen LogP contribution in [-0.2, 0) is 24.3 Å². The summed E-state index contributed by atoms with van der Waals surface area (Å²) in [4.78, 5) is 36.2. The zero-order valence-corrected chi connectivity index (χ0v) is 18.7. The molecule has 10 nitrogen and oxygen atoms in total. The highest BCUT2D eigenvalue weighted by atomic mass is 32.2. The Morgan fingerprint density at radius 2 is 1.65 bits per heavy atom. The molecular formula is C20H29N3O7S. The summed E-state index contributed by atoms with van der Waals surface area (Å²) in [6.45, 7) is 2.59. The molecule has 1 fully saturated rings. The minimum absolute atomic E-state index is 0.0202. The van der Waals surface area contributed by atoms with Gasteiger partial charge in [0.25, 0.3) is 5.91 Å². The fraction of sp³-hybridized carbons (Fsp3) is 0.550. The second-order valence-corrected chi connectivity index (χ2v) is 9.11. The number of carbonyl (C=O) groups is 3. The van der Waals surface area contributed by atoms with E-state index in [1.165, 1.54) is 45.2 Å². The molecule has 1 aromatic rings. The molecular weight excluding hydrogens is 426 g/mol. The average Bonchev–Trinajstić information content (AvgIpc) is 2.73. The van der Waals surface area contributed by atoms with Gasteiger partial charge in [0.1, 0.15) is 11.8 Å². The Bertz CT molecular complexity index is 881. The lowest BCUT2D eigenvalue weighted by Gasteiger charge is -2.23. The number of benzene rings is 1. The predicted molar refractivity (Wildman–Crippen MR) is 112 cm³/mol. The van der Waals surface area contributed by atoms with E-state index in [1.807, 2.05) is 0 Å². The van der Waals surface area contributed by atoms with Gasteiger partial charge in [0.05, 0.1) is 12.0 Å². The third-order valence-electron chi connectivity index (χ3n) is 4.89. The summed E-state index contributed by atoms with van der Waals surface area (Å²) in [5, 5.41) is 4.87. The fourth-order valence-electron chi connectivity index (χ4n) is 3.12. The Hall–Kier alpha value is -2.66. The maximum absolute atomic E-state index is 12.4. The van der Waals surface area contributed by atoms with E-state index in [9.17, 15) is 22.8 Å². The van der Waals surface area contributed by atoms with Crippen molar-refractivity contribution in [1.29, 1.82) is 0 Å². The zero-order chi connectivity index (χ0) is 23.0. The molecule has 3 N–H and O–H groups in total. The smallest absolute Gasteiger partial charge is 0.324 e. The SMILES string of the molecule is COc1ccc(S(=O)(=O)NC(C)C(=O)OC(C)C(=O)NC(=O)NC2CCCCC2)cc1. The molecule has 2 atom stereocenters. The van der Waals surface area contributed by atoms with Gasteiger partial charge in [-0.05, 0) is 51.0 Å². The van der Waals surface area contributed by atoms with Crippen LogP contribution < -0.4 is 20.1 Å². The van der Waals surface area contributed by atoms with Crippen molar-refractivity contribution in [2.45, 2.75) is 69.0 Å². The van der Waals surface area contributed by atoms with Crippen molar-refractivity contribution in [2.75, 3.05) is 7.11 Å². The third-order valence-corrected chi connectivity index (χ3v) is 6.45. The normalized spacial score (nSPS) is 16.6. The van der Waals surface area contributed by atoms with E-state index in [0.29, 0.717) is 5.75 Å². The molecule has 1 aromatic carbocycles. The van der Waals surface area contributed by atoms with Gasteiger partial charge >= 0.3 is 12.0 Å². The highest BCUT2D eigenvalue weighted by Gasteiger charge is 2.27. The molecule has 1 saturated carbocycles. The standard InChI is InChI=1S/C20H29N3O7S/c1-13(23-31(27,28)17-11-9-16(29-3)10-12-17)19(25)30-14(2)18(24)22-20(26)21-15-7-5-4-6-8-15/h9-15,23H,4-8H2,1-3H3,(H2,21,22,24,26). The van der Waals surface area contributed by atoms with E-state index >= 15 is 0 Å². The van der Waals surface area contributed by atoms with E-state index in [4.69, 9.17) is 9.47 Å². The number of hydrogen-bond donors (Lipinski definition) is 3. The van der Waals surface area contributed by atoms with Crippen LogP contribution in [0.2, 0.25) is 0 Å². The number of sulfonamides is 1. The number of methoxy groups -OCH3 is 1. The van der Waals surface area contributed by atoms with E-state index in [1.54, 1.807) is 0 Å². The molecule has 1 aliphatic rings. The molecule has 0 bridgehead atoms. The van der Waals surface area contributed by atoms with Gasteiger partial charge in [0.2, 0.25) is 10.0 Å². The largest absolute Gasteiger partial charge is 0.497 e. The van der Waals surface area contributed by atoms with Gasteiger partial charge in [-0.2, -0.15) is 4.72 Å². The molecule has 1 aliphatic carbocycles. The molecule has 11 heteroatoms. The quantitative estimate of drug-likeness (QED) is 0.504. The Morgan fingerprint density at radius 1 is 1.03 bits per heavy atom. The van der Waals surface area contributed by atoms with Gasteiger partial charge in [-0.3, -0.25) is 14.9 Å². The molecule has 2 unspecified atom stereocenters. The summed E-state index contributed by atoms with van der Waals surface area (Å²) in [5.41, 5.74) is 0. The molecule has 0 spiro atoms. The van der Waals surface area contributed by atoms with Crippen LogP contribution in [0, 0.1) is 0 Å². The van der Waals surface area contributed by atoms with Crippen LogP contribution in [0.5, 0.6) is 5.75 Å². The molecule has 0 heterocycles. The molecule has 0 saturated heterocycles. The van der Waals surface area contributed by atoms with Crippen molar-refractivity contribution in [3.05, 3.63) is 24.3 Å². The first-order valence-corrected chi connectivity index (χ1v) is 11.6. The monoisotopic (exact) mass is 455 g/mol. The maximum atomic E-state index is 12.4. The van der Waals surface area contributed by atoms with Gasteiger partial charge in [0.15, 0.2) is 6.10 Å². The summed E-state index contributed by atoms with van der Waals surface area (Å²) < 4.78 is 37.0. The van der Waals surface area contributed by atoms with E-state index in [2.05, 4.69) is 15.4 Å². The molecule has 0 radical (unpaired) electrons. The highest BCUT2D eigenvalue weighted by Crippen LogP contribution is 2.17. The minimum atomic E-state index is -3.99. The Labute approximate surface area is 182 Å². The summed E-state index contributed by atoms with van der Waals surface area (Å²) in [5.74, 6) is -1.27. The lowest BCUT2D eigenvalue weighted by Crippen LogP contribution is -2.49. The van der Waals surface area contributed by atoms with Crippen molar-refractivity contribution in [3.8, 4) is 5.75 Å². The molecule has 0 aromatic heterocycles. The molecule has 31 heavy (non-hydrogen) atoms. The summed E-state index contributed by atoms with van der Waals surface area (Å²) in [6, 6.07) is 3.74.